The molecule has 3 N–H and O–H groups in total. The van der Waals surface area contributed by atoms with E-state index in [1.165, 1.54) is 52.7 Å². The first-order chi connectivity index (χ1) is 34.1. The molecule has 1 aromatic heterocycles. The van der Waals surface area contributed by atoms with Gasteiger partial charge in [0.2, 0.25) is 47.3 Å². The highest BCUT2D eigenvalue weighted by Gasteiger charge is 2.39. The van der Waals surface area contributed by atoms with Gasteiger partial charge in [-0.2, -0.15) is 0 Å². The molecular weight excluding hydrogens is 935 g/mol. The number of aromatic nitrogens is 2. The molecule has 8 amide bonds. The molecule has 20 nitrogen and oxygen atoms in total. The summed E-state index contributed by atoms with van der Waals surface area (Å²) in [6.07, 6.45) is 13.7. The molecule has 0 radical (unpaired) electrons. The van der Waals surface area contributed by atoms with Crippen molar-refractivity contribution < 1.29 is 43.2 Å². The predicted molar refractivity (Wildman–Crippen MR) is 283 cm³/mol. The van der Waals surface area contributed by atoms with E-state index < -0.39 is 97.2 Å². The summed E-state index contributed by atoms with van der Waals surface area (Å²) in [5.41, 5.74) is 0. The Hall–Kier alpha value is -5.66. The van der Waals surface area contributed by atoms with Gasteiger partial charge in [0.1, 0.15) is 30.5 Å². The van der Waals surface area contributed by atoms with Gasteiger partial charge in [0.25, 0.3) is 0 Å². The van der Waals surface area contributed by atoms with Crippen molar-refractivity contribution in [3.63, 3.8) is 0 Å². The van der Waals surface area contributed by atoms with Gasteiger partial charge < -0.3 is 54.7 Å². The van der Waals surface area contributed by atoms with Crippen LogP contribution in [0.15, 0.2) is 30.9 Å². The van der Waals surface area contributed by atoms with Crippen molar-refractivity contribution in [2.24, 2.45) is 29.6 Å². The molecule has 414 valence electrons. The Balaban J connectivity index is 3.35. The number of imidazole rings is 1. The predicted octanol–water partition coefficient (Wildman–Crippen LogP) is 3.06. The maximum atomic E-state index is 14.4. The van der Waals surface area contributed by atoms with E-state index in [0.717, 1.165) is 24.3 Å². The van der Waals surface area contributed by atoms with Crippen LogP contribution in [0.2, 0.25) is 0 Å². The van der Waals surface area contributed by atoms with Gasteiger partial charge in [0.15, 0.2) is 0 Å². The third-order valence-electron chi connectivity index (χ3n) is 13.2. The second kappa shape index (κ2) is 32.5. The molecule has 73 heavy (non-hydrogen) atoms. The summed E-state index contributed by atoms with van der Waals surface area (Å²) < 4.78 is 2.00. The van der Waals surface area contributed by atoms with Crippen molar-refractivity contribution >= 4 is 53.5 Å². The Kier molecular flexibility index (Phi) is 29.1. The normalized spacial score (nSPS) is 14.5. The van der Waals surface area contributed by atoms with Crippen molar-refractivity contribution in [3.8, 4) is 0 Å². The van der Waals surface area contributed by atoms with Gasteiger partial charge in [0.05, 0.1) is 38.0 Å². The van der Waals surface area contributed by atoms with E-state index in [9.17, 15) is 43.2 Å². The number of aryl methyl sites for hydroxylation is 1. The van der Waals surface area contributed by atoms with E-state index in [4.69, 9.17) is 0 Å². The van der Waals surface area contributed by atoms with Crippen molar-refractivity contribution in [2.75, 3.05) is 69.0 Å². The highest BCUT2D eigenvalue weighted by molar-refractivity contribution is 5.96. The van der Waals surface area contributed by atoms with E-state index in [0.29, 0.717) is 25.5 Å². The highest BCUT2D eigenvalue weighted by atomic mass is 16.2. The molecule has 1 heterocycles. The third kappa shape index (κ3) is 22.2. The molecule has 0 aliphatic heterocycles. The van der Waals surface area contributed by atoms with Gasteiger partial charge in [-0.3, -0.25) is 38.4 Å². The Bertz CT molecular complexity index is 1960. The van der Waals surface area contributed by atoms with Crippen LogP contribution < -0.4 is 16.0 Å². The maximum Gasteiger partial charge on any atom is 0.245 e. The summed E-state index contributed by atoms with van der Waals surface area (Å²) in [5.74, 6) is -4.11. The van der Waals surface area contributed by atoms with E-state index in [1.807, 2.05) is 65.3 Å². The SMILES string of the molecule is CN[C@H](C)C(=O)N(C)[C@@H](CC(C)C)C(=O)N(C)[C@@H](CC(C)C)C(=O)N(C)CC(=O)N(C)[C@@H](C[C@H](C)C/C=C/CCCn1ccnc1)C(=O)NCC(=O)N(C)CC(=O)N(C)[C@@H](CC(C)C)C(=O)NC(C=O)C(C)C. The number of unbranched alkanes of at least 4 members (excludes halogenated alkanes) is 1. The first-order valence-corrected chi connectivity index (χ1v) is 25.9. The van der Waals surface area contributed by atoms with E-state index in [-0.39, 0.29) is 48.3 Å². The fourth-order valence-corrected chi connectivity index (χ4v) is 8.21. The lowest BCUT2D eigenvalue weighted by Gasteiger charge is -2.37. The van der Waals surface area contributed by atoms with E-state index in [1.54, 1.807) is 54.4 Å². The van der Waals surface area contributed by atoms with Crippen LogP contribution in [0.3, 0.4) is 0 Å². The number of rotatable bonds is 33. The fourth-order valence-electron chi connectivity index (χ4n) is 8.21. The quantitative estimate of drug-likeness (QED) is 0.0527. The number of aldehydes is 1. The Labute approximate surface area is 436 Å². The summed E-state index contributed by atoms with van der Waals surface area (Å²) in [6.45, 7) is 18.4. The topological polar surface area (TPSA) is 227 Å². The summed E-state index contributed by atoms with van der Waals surface area (Å²) in [7, 11) is 10.6. The summed E-state index contributed by atoms with van der Waals surface area (Å²) in [6, 6.07) is -5.04. The second-order valence-corrected chi connectivity index (χ2v) is 21.4. The van der Waals surface area contributed by atoms with Crippen LogP contribution in [0, 0.1) is 29.6 Å². The van der Waals surface area contributed by atoms with Crippen molar-refractivity contribution in [1.82, 2.24) is 54.9 Å². The minimum Gasteiger partial charge on any atom is -0.345 e. The summed E-state index contributed by atoms with van der Waals surface area (Å²) >= 11 is 0. The first kappa shape index (κ1) is 65.4. The van der Waals surface area contributed by atoms with Crippen LogP contribution >= 0.6 is 0 Å². The smallest absolute Gasteiger partial charge is 0.245 e. The van der Waals surface area contributed by atoms with Crippen molar-refractivity contribution in [3.05, 3.63) is 30.9 Å². The number of amides is 8. The van der Waals surface area contributed by atoms with Gasteiger partial charge in [-0.1, -0.05) is 74.5 Å². The number of hydrogen-bond donors (Lipinski definition) is 3. The molecule has 1 rings (SSSR count). The molecule has 0 aliphatic rings. The summed E-state index contributed by atoms with van der Waals surface area (Å²) in [4.78, 5) is 134. The monoisotopic (exact) mass is 1030 g/mol. The zero-order valence-electron chi connectivity index (χ0n) is 47.3. The fraction of sp³-hybridized carbons (Fsp3) is 0.736. The number of nitrogens with one attached hydrogen (secondary N) is 3. The maximum absolute atomic E-state index is 14.4. The highest BCUT2D eigenvalue weighted by Crippen LogP contribution is 2.21. The standard InChI is InChI=1S/C53H93N11O9/c1-35(2)26-42(50(70)57-41(33-65)38(7)8)60(14)47(67)31-58(12)46(66)30-56-49(69)43(29-39(9)22-20-18-19-21-24-64-25-23-55-34-64)61(15)48(68)32-59(13)52(72)44(27-36(3)4)63(17)53(73)45(28-37(5)6)62(16)51(71)40(10)54-11/h18,20,23,25,33-45,54H,19,21-22,24,26-32H2,1-17H3,(H,56,69)(H,57,70)/b20-18+/t39-,40-,41?,42+,43+,44+,45+/m1/s1. The molecule has 0 spiro atoms. The van der Waals surface area contributed by atoms with Crippen molar-refractivity contribution in [2.45, 2.75) is 157 Å². The van der Waals surface area contributed by atoms with Crippen LogP contribution in [-0.2, 0) is 49.7 Å². The number of hydrogen-bond acceptors (Lipinski definition) is 11. The minimum atomic E-state index is -1.07. The van der Waals surface area contributed by atoms with Gasteiger partial charge in [-0.25, -0.2) is 4.98 Å². The van der Waals surface area contributed by atoms with Crippen LogP contribution in [0.5, 0.6) is 0 Å². The number of allylic oxidation sites excluding steroid dienone is 2. The molecule has 0 aromatic carbocycles. The Morgan fingerprint density at radius 2 is 1.11 bits per heavy atom. The average molecular weight is 1030 g/mol. The zero-order chi connectivity index (χ0) is 55.9. The lowest BCUT2D eigenvalue weighted by Crippen LogP contribution is -2.58. The zero-order valence-corrected chi connectivity index (χ0v) is 47.3. The molecular formula is C53H93N11O9. The molecule has 1 unspecified atom stereocenters. The molecule has 1 aromatic rings. The molecule has 0 bridgehead atoms. The van der Waals surface area contributed by atoms with Crippen LogP contribution in [0.4, 0.5) is 0 Å². The van der Waals surface area contributed by atoms with Crippen LogP contribution in [0.1, 0.15) is 114 Å². The molecule has 0 saturated carbocycles. The van der Waals surface area contributed by atoms with Crippen LogP contribution in [0.25, 0.3) is 0 Å². The molecule has 7 atom stereocenters. The number of carbonyl (C=O) groups is 9. The molecule has 20 heteroatoms. The second-order valence-electron chi connectivity index (χ2n) is 21.4. The Morgan fingerprint density at radius 3 is 1.60 bits per heavy atom. The number of carbonyl (C=O) groups excluding carboxylic acids is 9. The minimum absolute atomic E-state index is 0.0236. The first-order valence-electron chi connectivity index (χ1n) is 25.9. The molecule has 0 aliphatic carbocycles. The van der Waals surface area contributed by atoms with Gasteiger partial charge in [-0.15, -0.1) is 0 Å². The lowest BCUT2D eigenvalue weighted by atomic mass is 9.96. The molecule has 0 fully saturated rings. The lowest BCUT2D eigenvalue weighted by molar-refractivity contribution is -0.152. The van der Waals surface area contributed by atoms with Gasteiger partial charge in [-0.05, 0) is 88.5 Å². The van der Waals surface area contributed by atoms with Gasteiger partial charge >= 0.3 is 0 Å². The van der Waals surface area contributed by atoms with Gasteiger partial charge in [0, 0.05) is 61.2 Å². The molecule has 0 saturated heterocycles. The average Bonchev–Trinajstić information content (AvgIpc) is 3.86. The number of likely N-dealkylation sites (N-methyl/N-ethyl adjacent to an activating group) is 7. The van der Waals surface area contributed by atoms with E-state index >= 15 is 0 Å². The van der Waals surface area contributed by atoms with Crippen LogP contribution in [-0.4, -0.2) is 198 Å². The van der Waals surface area contributed by atoms with Crippen molar-refractivity contribution in [1.29, 1.82) is 0 Å². The third-order valence-corrected chi connectivity index (χ3v) is 13.2. The largest absolute Gasteiger partial charge is 0.345 e. The van der Waals surface area contributed by atoms with E-state index in [2.05, 4.69) is 27.0 Å². The summed E-state index contributed by atoms with van der Waals surface area (Å²) in [5, 5.41) is 8.33. The Morgan fingerprint density at radius 1 is 0.603 bits per heavy atom. The number of nitrogens with zero attached hydrogens (tertiary/aromatic N) is 8.